The summed E-state index contributed by atoms with van der Waals surface area (Å²) in [6, 6.07) is 0. The summed E-state index contributed by atoms with van der Waals surface area (Å²) in [5, 5.41) is 0. The van der Waals surface area contributed by atoms with E-state index in [1.165, 1.54) is 0 Å². The average Bonchev–Trinajstić information content (AvgIpc) is 1.41. The predicted octanol–water partition coefficient (Wildman–Crippen LogP) is 1.57. The van der Waals surface area contributed by atoms with E-state index in [0.717, 1.165) is 0 Å². The smallest absolute Gasteiger partial charge is 0.521 e. The first-order valence-electron chi connectivity index (χ1n) is 0.975. The van der Waals surface area contributed by atoms with Crippen LogP contribution in [-0.4, -0.2) is 23.1 Å². The molecule has 0 saturated carbocycles. The van der Waals surface area contributed by atoms with Crippen molar-refractivity contribution in [1.82, 2.24) is 0 Å². The second kappa shape index (κ2) is 16.3. The molecule has 0 nitrogen and oxygen atoms in total. The molecular weight excluding hydrogens is 117 g/mol. The molecule has 0 aromatic rings. The molecule has 0 N–H and O–H groups in total. The van der Waals surface area contributed by atoms with Crippen LogP contribution in [0.2, 0.25) is 0 Å². The molecule has 0 rings (SSSR count). The largest absolute Gasteiger partial charge is 2.00 e. The van der Waals surface area contributed by atoms with E-state index < -0.39 is 6.68 Å². The van der Waals surface area contributed by atoms with Crippen LogP contribution in [0.15, 0.2) is 6.58 Å². The van der Waals surface area contributed by atoms with Crippen molar-refractivity contribution in [1.29, 1.82) is 0 Å². The third-order valence-corrected chi connectivity index (χ3v) is 0. The summed E-state index contributed by atoms with van der Waals surface area (Å²) in [4.78, 5) is 0. The van der Waals surface area contributed by atoms with Gasteiger partial charge >= 0.3 is 23.1 Å². The van der Waals surface area contributed by atoms with Crippen LogP contribution in [0, 0.1) is 13.3 Å². The number of hydrogen-bond donors (Lipinski definition) is 0. The molecule has 7 heavy (non-hydrogen) atoms. The quantitative estimate of drug-likeness (QED) is 0.336. The second-order valence-electron chi connectivity index (χ2n) is 0.214. The first-order chi connectivity index (χ1) is 2.73. The molecular formula is C3H3F3Mg. The Morgan fingerprint density at radius 2 is 1.14 bits per heavy atom. The molecule has 0 aromatic carbocycles. The zero-order valence-corrected chi connectivity index (χ0v) is 5.04. The van der Waals surface area contributed by atoms with Gasteiger partial charge in [0, 0.05) is 0 Å². The Morgan fingerprint density at radius 1 is 1.14 bits per heavy atom. The van der Waals surface area contributed by atoms with Crippen molar-refractivity contribution < 1.29 is 13.2 Å². The van der Waals surface area contributed by atoms with E-state index in [-0.39, 0.29) is 23.1 Å². The van der Waals surface area contributed by atoms with E-state index in [4.69, 9.17) is 0 Å². The van der Waals surface area contributed by atoms with Crippen LogP contribution in [0.25, 0.3) is 0 Å². The van der Waals surface area contributed by atoms with Crippen molar-refractivity contribution in [3.63, 3.8) is 0 Å². The Balaban J connectivity index is -0.0000000480. The van der Waals surface area contributed by atoms with Crippen LogP contribution in [0.1, 0.15) is 0 Å². The van der Waals surface area contributed by atoms with Gasteiger partial charge in [-0.25, -0.2) is 0 Å². The van der Waals surface area contributed by atoms with Crippen LogP contribution in [0.5, 0.6) is 0 Å². The number of hydrogen-bond acceptors (Lipinski definition) is 0. The summed E-state index contributed by atoms with van der Waals surface area (Å²) in [6.07, 6.45) is 0. The van der Waals surface area contributed by atoms with Crippen LogP contribution < -0.4 is 0 Å². The fourth-order valence-electron chi connectivity index (χ4n) is 0. The van der Waals surface area contributed by atoms with Gasteiger partial charge in [-0.1, -0.05) is 0 Å². The molecule has 38 valence electrons. The standard InChI is InChI=1S/C2H3.CF3.Mg/c1-2;2-1(3)4;/h1H,2H2;;/q2*-1;+2. The first kappa shape index (κ1) is 15.7. The van der Waals surface area contributed by atoms with Crippen molar-refractivity contribution in [2.75, 3.05) is 0 Å². The molecule has 0 fully saturated rings. The second-order valence-corrected chi connectivity index (χ2v) is 0.214. The van der Waals surface area contributed by atoms with Crippen LogP contribution in [0.3, 0.4) is 0 Å². The maximum Gasteiger partial charge on any atom is 2.00 e. The van der Waals surface area contributed by atoms with Crippen molar-refractivity contribution in [3.8, 4) is 0 Å². The molecule has 0 radical (unpaired) electrons. The Labute approximate surface area is 56.6 Å². The van der Waals surface area contributed by atoms with Crippen molar-refractivity contribution >= 4 is 23.1 Å². The summed E-state index contributed by atoms with van der Waals surface area (Å²) < 4.78 is 28.8. The molecule has 4 heteroatoms. The van der Waals surface area contributed by atoms with Crippen LogP contribution in [-0.2, 0) is 0 Å². The molecule has 0 aliphatic rings. The van der Waals surface area contributed by atoms with E-state index in [0.29, 0.717) is 0 Å². The zero-order valence-electron chi connectivity index (χ0n) is 3.63. The van der Waals surface area contributed by atoms with Gasteiger partial charge in [0.15, 0.2) is 6.68 Å². The monoisotopic (exact) mass is 120 g/mol. The minimum atomic E-state index is -3.08. The fourth-order valence-corrected chi connectivity index (χ4v) is 0. The van der Waals surface area contributed by atoms with E-state index in [1.807, 2.05) is 0 Å². The Bertz CT molecular complexity index is 21.4. The molecule has 0 amide bonds. The van der Waals surface area contributed by atoms with Gasteiger partial charge in [-0.05, 0) is 0 Å². The molecule has 0 bridgehead atoms. The normalized spacial score (nSPS) is 5.71. The molecule has 0 atom stereocenters. The summed E-state index contributed by atoms with van der Waals surface area (Å²) in [7, 11) is 0. The maximum atomic E-state index is 9.58. The minimum Gasteiger partial charge on any atom is -0.521 e. The van der Waals surface area contributed by atoms with E-state index >= 15 is 0 Å². The molecule has 0 spiro atoms. The molecule has 0 saturated heterocycles. The van der Waals surface area contributed by atoms with Gasteiger partial charge in [-0.15, -0.1) is 0 Å². The van der Waals surface area contributed by atoms with Crippen molar-refractivity contribution in [2.45, 2.75) is 0 Å². The van der Waals surface area contributed by atoms with Gasteiger partial charge in [0.2, 0.25) is 0 Å². The summed E-state index contributed by atoms with van der Waals surface area (Å²) in [5.74, 6) is 0. The van der Waals surface area contributed by atoms with Gasteiger partial charge in [0.1, 0.15) is 0 Å². The SMILES string of the molecule is F[C-](F)F.[CH-]=C.[Mg+2]. The minimum absolute atomic E-state index is 0. The van der Waals surface area contributed by atoms with Gasteiger partial charge in [0.05, 0.1) is 0 Å². The maximum absolute atomic E-state index is 9.58. The van der Waals surface area contributed by atoms with Crippen molar-refractivity contribution in [3.05, 3.63) is 19.8 Å². The van der Waals surface area contributed by atoms with Gasteiger partial charge in [-0.2, -0.15) is 0 Å². The molecule has 0 aliphatic carbocycles. The summed E-state index contributed by atoms with van der Waals surface area (Å²) >= 11 is 0. The van der Waals surface area contributed by atoms with E-state index in [2.05, 4.69) is 13.2 Å². The summed E-state index contributed by atoms with van der Waals surface area (Å²) in [6.45, 7) is 3.92. The molecule has 0 aromatic heterocycles. The Hall–Kier alpha value is 0.296. The average molecular weight is 120 g/mol. The van der Waals surface area contributed by atoms with Gasteiger partial charge < -0.3 is 19.8 Å². The topological polar surface area (TPSA) is 0 Å². The fraction of sp³-hybridized carbons (Fsp3) is 0. The van der Waals surface area contributed by atoms with Crippen molar-refractivity contribution in [2.24, 2.45) is 0 Å². The zero-order chi connectivity index (χ0) is 5.58. The molecule has 0 aliphatic heterocycles. The van der Waals surface area contributed by atoms with E-state index in [1.54, 1.807) is 0 Å². The predicted molar refractivity (Wildman–Crippen MR) is 22.2 cm³/mol. The first-order valence-corrected chi connectivity index (χ1v) is 0.975. The molecule has 0 unspecified atom stereocenters. The van der Waals surface area contributed by atoms with Crippen LogP contribution in [0.4, 0.5) is 13.2 Å². The van der Waals surface area contributed by atoms with E-state index in [9.17, 15) is 13.2 Å². The third kappa shape index (κ3) is 1320. The number of halogens is 3. The van der Waals surface area contributed by atoms with Gasteiger partial charge in [0.25, 0.3) is 0 Å². The summed E-state index contributed by atoms with van der Waals surface area (Å²) in [5.41, 5.74) is 0. The Kier molecular flexibility index (Phi) is 36.4. The van der Waals surface area contributed by atoms with Crippen LogP contribution >= 0.6 is 0 Å². The third-order valence-electron chi connectivity index (χ3n) is 0. The van der Waals surface area contributed by atoms with Gasteiger partial charge in [-0.3, -0.25) is 6.58 Å². The molecule has 0 heterocycles. The Morgan fingerprint density at radius 3 is 1.14 bits per heavy atom. The number of rotatable bonds is 0.